The number of carbonyl (C=O) groups is 1. The van der Waals surface area contributed by atoms with Crippen molar-refractivity contribution in [1.29, 1.82) is 0 Å². The van der Waals surface area contributed by atoms with E-state index in [4.69, 9.17) is 0 Å². The van der Waals surface area contributed by atoms with Crippen LogP contribution in [0.15, 0.2) is 22.7 Å². The summed E-state index contributed by atoms with van der Waals surface area (Å²) in [5.41, 5.74) is 1.87. The second-order valence-corrected chi connectivity index (χ2v) is 5.41. The van der Waals surface area contributed by atoms with Crippen molar-refractivity contribution in [3.63, 3.8) is 0 Å². The molecule has 0 bridgehead atoms. The normalized spacial score (nSPS) is 10.5. The molecule has 0 saturated heterocycles. The molecule has 2 N–H and O–H groups in total. The van der Waals surface area contributed by atoms with Crippen LogP contribution in [0.4, 0.5) is 10.5 Å². The molecule has 0 unspecified atom stereocenters. The van der Waals surface area contributed by atoms with Gasteiger partial charge < -0.3 is 15.5 Å². The maximum Gasteiger partial charge on any atom is 0.319 e. The third kappa shape index (κ3) is 5.51. The molecule has 0 atom stereocenters. The third-order valence-corrected chi connectivity index (χ3v) is 3.00. The molecular weight excluding hydrogens is 294 g/mol. The van der Waals surface area contributed by atoms with E-state index < -0.39 is 0 Å². The number of anilines is 1. The second kappa shape index (κ2) is 7.38. The number of benzene rings is 1. The van der Waals surface area contributed by atoms with E-state index >= 15 is 0 Å². The van der Waals surface area contributed by atoms with Gasteiger partial charge >= 0.3 is 6.03 Å². The topological polar surface area (TPSA) is 44.4 Å². The number of amides is 2. The summed E-state index contributed by atoms with van der Waals surface area (Å²) >= 11 is 3.39. The Bertz CT molecular complexity index is 407. The number of hydrogen-bond donors (Lipinski definition) is 2. The van der Waals surface area contributed by atoms with E-state index in [9.17, 15) is 4.79 Å². The Balaban J connectivity index is 2.35. The molecule has 0 heterocycles. The minimum atomic E-state index is -0.154. The van der Waals surface area contributed by atoms with Gasteiger partial charge in [0.25, 0.3) is 0 Å². The summed E-state index contributed by atoms with van der Waals surface area (Å²) in [5.74, 6) is 0. The van der Waals surface area contributed by atoms with Crippen molar-refractivity contribution in [1.82, 2.24) is 10.2 Å². The molecule has 0 aliphatic heterocycles. The fourth-order valence-electron chi connectivity index (χ4n) is 1.53. The van der Waals surface area contributed by atoms with Gasteiger partial charge in [-0.1, -0.05) is 15.9 Å². The van der Waals surface area contributed by atoms with Crippen LogP contribution < -0.4 is 10.6 Å². The molecule has 100 valence electrons. The first-order chi connectivity index (χ1) is 8.49. The van der Waals surface area contributed by atoms with Crippen LogP contribution in [0.1, 0.15) is 12.0 Å². The molecular formula is C13H20BrN3O. The fraction of sp³-hybridized carbons (Fsp3) is 0.462. The van der Waals surface area contributed by atoms with Gasteiger partial charge in [0.15, 0.2) is 0 Å². The third-order valence-electron chi connectivity index (χ3n) is 2.50. The van der Waals surface area contributed by atoms with Crippen molar-refractivity contribution in [2.24, 2.45) is 0 Å². The molecule has 0 aromatic heterocycles. The van der Waals surface area contributed by atoms with Crippen molar-refractivity contribution in [3.8, 4) is 0 Å². The van der Waals surface area contributed by atoms with E-state index in [0.29, 0.717) is 6.54 Å². The first-order valence-corrected chi connectivity index (χ1v) is 6.74. The van der Waals surface area contributed by atoms with E-state index in [2.05, 4.69) is 31.5 Å². The summed E-state index contributed by atoms with van der Waals surface area (Å²) in [5, 5.41) is 5.68. The van der Waals surface area contributed by atoms with Crippen molar-refractivity contribution in [3.05, 3.63) is 28.2 Å². The molecule has 0 radical (unpaired) electrons. The van der Waals surface area contributed by atoms with Crippen LogP contribution >= 0.6 is 15.9 Å². The Kier molecular flexibility index (Phi) is 6.15. The van der Waals surface area contributed by atoms with Gasteiger partial charge in [0.2, 0.25) is 0 Å². The number of hydrogen-bond acceptors (Lipinski definition) is 2. The zero-order chi connectivity index (χ0) is 13.5. The molecule has 0 spiro atoms. The summed E-state index contributed by atoms with van der Waals surface area (Å²) in [6.45, 7) is 3.61. The lowest BCUT2D eigenvalue weighted by molar-refractivity contribution is 0.251. The summed E-state index contributed by atoms with van der Waals surface area (Å²) in [6.07, 6.45) is 0.944. The van der Waals surface area contributed by atoms with E-state index in [1.165, 1.54) is 0 Å². The van der Waals surface area contributed by atoms with Crippen molar-refractivity contribution >= 4 is 27.6 Å². The molecule has 1 rings (SSSR count). The van der Waals surface area contributed by atoms with Gasteiger partial charge in [-0.3, -0.25) is 0 Å². The lowest BCUT2D eigenvalue weighted by Gasteiger charge is -2.12. The molecule has 1 aromatic carbocycles. The lowest BCUT2D eigenvalue weighted by atomic mass is 10.2. The Morgan fingerprint density at radius 3 is 2.72 bits per heavy atom. The van der Waals surface area contributed by atoms with Gasteiger partial charge in [0, 0.05) is 16.7 Å². The van der Waals surface area contributed by atoms with Gasteiger partial charge in [0.1, 0.15) is 0 Å². The average Bonchev–Trinajstić information content (AvgIpc) is 2.28. The van der Waals surface area contributed by atoms with Gasteiger partial charge in [0.05, 0.1) is 0 Å². The summed E-state index contributed by atoms with van der Waals surface area (Å²) in [4.78, 5) is 13.7. The van der Waals surface area contributed by atoms with Gasteiger partial charge in [-0.2, -0.15) is 0 Å². The average molecular weight is 314 g/mol. The zero-order valence-electron chi connectivity index (χ0n) is 11.1. The number of aryl methyl sites for hydroxylation is 1. The number of nitrogens with one attached hydrogen (secondary N) is 2. The van der Waals surface area contributed by atoms with Crippen LogP contribution in [-0.4, -0.2) is 38.1 Å². The SMILES string of the molecule is Cc1cc(Br)ccc1NC(=O)NCCCN(C)C. The minimum absolute atomic E-state index is 0.154. The highest BCUT2D eigenvalue weighted by Gasteiger charge is 2.04. The molecule has 0 fully saturated rings. The number of nitrogens with zero attached hydrogens (tertiary/aromatic N) is 1. The standard InChI is InChI=1S/C13H20BrN3O/c1-10-9-11(14)5-6-12(10)16-13(18)15-7-4-8-17(2)3/h5-6,9H,4,7-8H2,1-3H3,(H2,15,16,18). The molecule has 0 aliphatic rings. The molecule has 18 heavy (non-hydrogen) atoms. The number of halogens is 1. The maximum absolute atomic E-state index is 11.6. The first-order valence-electron chi connectivity index (χ1n) is 5.95. The fourth-order valence-corrected chi connectivity index (χ4v) is 2.01. The lowest BCUT2D eigenvalue weighted by Crippen LogP contribution is -2.31. The van der Waals surface area contributed by atoms with Crippen LogP contribution in [0.3, 0.4) is 0 Å². The Labute approximate surface area is 117 Å². The van der Waals surface area contributed by atoms with E-state index in [0.717, 1.165) is 28.7 Å². The largest absolute Gasteiger partial charge is 0.338 e. The van der Waals surface area contributed by atoms with Crippen molar-refractivity contribution in [2.75, 3.05) is 32.5 Å². The molecule has 5 heteroatoms. The van der Waals surface area contributed by atoms with Crippen LogP contribution in [0, 0.1) is 6.92 Å². The summed E-state index contributed by atoms with van der Waals surface area (Å²) in [7, 11) is 4.04. The van der Waals surface area contributed by atoms with Crippen LogP contribution in [0.5, 0.6) is 0 Å². The number of rotatable bonds is 5. The number of urea groups is 1. The zero-order valence-corrected chi connectivity index (χ0v) is 12.7. The van der Waals surface area contributed by atoms with Crippen molar-refractivity contribution < 1.29 is 4.79 Å². The monoisotopic (exact) mass is 313 g/mol. The smallest absolute Gasteiger partial charge is 0.319 e. The van der Waals surface area contributed by atoms with Crippen LogP contribution in [-0.2, 0) is 0 Å². The predicted octanol–water partition coefficient (Wildman–Crippen LogP) is 2.83. The highest BCUT2D eigenvalue weighted by Crippen LogP contribution is 2.19. The highest BCUT2D eigenvalue weighted by atomic mass is 79.9. The van der Waals surface area contributed by atoms with Crippen LogP contribution in [0.2, 0.25) is 0 Å². The minimum Gasteiger partial charge on any atom is -0.338 e. The predicted molar refractivity (Wildman–Crippen MR) is 79.1 cm³/mol. The van der Waals surface area contributed by atoms with Gasteiger partial charge in [-0.05, 0) is 57.7 Å². The van der Waals surface area contributed by atoms with E-state index in [-0.39, 0.29) is 6.03 Å². The van der Waals surface area contributed by atoms with E-state index in [1.807, 2.05) is 39.2 Å². The van der Waals surface area contributed by atoms with Crippen LogP contribution in [0.25, 0.3) is 0 Å². The summed E-state index contributed by atoms with van der Waals surface area (Å²) < 4.78 is 1.01. The molecule has 0 aliphatic carbocycles. The summed E-state index contributed by atoms with van der Waals surface area (Å²) in [6, 6.07) is 5.62. The Hall–Kier alpha value is -1.07. The highest BCUT2D eigenvalue weighted by molar-refractivity contribution is 9.10. The maximum atomic E-state index is 11.6. The second-order valence-electron chi connectivity index (χ2n) is 4.50. The van der Waals surface area contributed by atoms with Crippen molar-refractivity contribution in [2.45, 2.75) is 13.3 Å². The quantitative estimate of drug-likeness (QED) is 0.821. The Morgan fingerprint density at radius 2 is 2.11 bits per heavy atom. The Morgan fingerprint density at radius 1 is 1.39 bits per heavy atom. The molecule has 0 saturated carbocycles. The number of carbonyl (C=O) groups excluding carboxylic acids is 1. The van der Waals surface area contributed by atoms with Gasteiger partial charge in [-0.25, -0.2) is 4.79 Å². The van der Waals surface area contributed by atoms with Gasteiger partial charge in [-0.15, -0.1) is 0 Å². The molecule has 4 nitrogen and oxygen atoms in total. The molecule has 1 aromatic rings. The first kappa shape index (κ1) is 15.0. The molecule has 2 amide bonds. The van der Waals surface area contributed by atoms with E-state index in [1.54, 1.807) is 0 Å².